The van der Waals surface area contributed by atoms with Gasteiger partial charge in [0.25, 0.3) is 0 Å². The third-order valence-corrected chi connectivity index (χ3v) is 2.03. The van der Waals surface area contributed by atoms with Crippen molar-refractivity contribution in [2.24, 2.45) is 0 Å². The number of aromatic nitrogens is 2. The van der Waals surface area contributed by atoms with Crippen LogP contribution in [0.25, 0.3) is 0 Å². The molecule has 0 aliphatic carbocycles. The summed E-state index contributed by atoms with van der Waals surface area (Å²) in [5.74, 6) is 0.100. The molecule has 7 heteroatoms. The lowest BCUT2D eigenvalue weighted by molar-refractivity contribution is -0.387. The molecule has 0 aliphatic heterocycles. The average molecular weight is 246 g/mol. The minimum Gasteiger partial charge on any atom is -0.476 e. The molecule has 1 aromatic carbocycles. The van der Waals surface area contributed by atoms with Gasteiger partial charge in [0.15, 0.2) is 0 Å². The van der Waals surface area contributed by atoms with Crippen LogP contribution in [0.15, 0.2) is 30.6 Å². The molecule has 0 saturated heterocycles. The van der Waals surface area contributed by atoms with Crippen LogP contribution in [0.1, 0.15) is 0 Å². The lowest BCUT2D eigenvalue weighted by Crippen LogP contribution is -2.01. The van der Waals surface area contributed by atoms with Gasteiger partial charge in [0.1, 0.15) is 12.1 Å². The SMILES string of the molecule is COc1ncnc(Oc2cc[c]cc2)c1[N+](=O)[O-]. The number of benzene rings is 1. The van der Waals surface area contributed by atoms with Crippen LogP contribution in [-0.4, -0.2) is 22.0 Å². The van der Waals surface area contributed by atoms with E-state index in [4.69, 9.17) is 9.47 Å². The van der Waals surface area contributed by atoms with Gasteiger partial charge in [0, 0.05) is 0 Å². The smallest absolute Gasteiger partial charge is 0.392 e. The Hall–Kier alpha value is -2.70. The van der Waals surface area contributed by atoms with Crippen LogP contribution in [0.5, 0.6) is 17.5 Å². The molecule has 0 fully saturated rings. The highest BCUT2D eigenvalue weighted by Crippen LogP contribution is 2.34. The van der Waals surface area contributed by atoms with Gasteiger partial charge in [-0.1, -0.05) is 12.1 Å². The van der Waals surface area contributed by atoms with E-state index in [0.717, 1.165) is 6.33 Å². The molecule has 1 aromatic heterocycles. The first-order valence-corrected chi connectivity index (χ1v) is 4.89. The summed E-state index contributed by atoms with van der Waals surface area (Å²) < 4.78 is 10.1. The molecule has 0 saturated carbocycles. The van der Waals surface area contributed by atoms with E-state index in [0.29, 0.717) is 5.75 Å². The van der Waals surface area contributed by atoms with E-state index in [1.54, 1.807) is 24.3 Å². The van der Waals surface area contributed by atoms with Gasteiger partial charge in [-0.3, -0.25) is 10.1 Å². The summed E-state index contributed by atoms with van der Waals surface area (Å²) in [6.45, 7) is 0. The van der Waals surface area contributed by atoms with Crippen molar-refractivity contribution in [3.05, 3.63) is 46.8 Å². The maximum absolute atomic E-state index is 11.0. The van der Waals surface area contributed by atoms with Crippen LogP contribution in [0.4, 0.5) is 5.69 Å². The molecule has 1 radical (unpaired) electrons. The molecule has 2 rings (SSSR count). The van der Waals surface area contributed by atoms with Crippen LogP contribution >= 0.6 is 0 Å². The molecule has 2 aromatic rings. The Morgan fingerprint density at radius 3 is 2.56 bits per heavy atom. The highest BCUT2D eigenvalue weighted by Gasteiger charge is 2.25. The van der Waals surface area contributed by atoms with E-state index < -0.39 is 10.6 Å². The van der Waals surface area contributed by atoms with Gasteiger partial charge in [-0.05, 0) is 18.2 Å². The maximum Gasteiger partial charge on any atom is 0.392 e. The highest BCUT2D eigenvalue weighted by molar-refractivity contribution is 5.50. The number of methoxy groups -OCH3 is 1. The summed E-state index contributed by atoms with van der Waals surface area (Å²) in [4.78, 5) is 17.7. The van der Waals surface area contributed by atoms with Crippen LogP contribution in [0.2, 0.25) is 0 Å². The molecule has 91 valence electrons. The fourth-order valence-corrected chi connectivity index (χ4v) is 1.28. The largest absolute Gasteiger partial charge is 0.476 e. The highest BCUT2D eigenvalue weighted by atomic mass is 16.6. The van der Waals surface area contributed by atoms with Gasteiger partial charge in [0.2, 0.25) is 0 Å². The van der Waals surface area contributed by atoms with E-state index in [1.165, 1.54) is 7.11 Å². The first-order chi connectivity index (χ1) is 8.72. The molecule has 7 nitrogen and oxygen atoms in total. The standard InChI is InChI=1S/C11H8N3O4/c1-17-10-9(14(15)16)11(13-7-12-10)18-8-5-3-2-4-6-8/h3-7H,1H3. The zero-order valence-electron chi connectivity index (χ0n) is 9.36. The van der Waals surface area contributed by atoms with Crippen LogP contribution in [-0.2, 0) is 0 Å². The molecule has 0 N–H and O–H groups in total. The summed E-state index contributed by atoms with van der Waals surface area (Å²) in [7, 11) is 1.29. The minimum absolute atomic E-state index is 0.146. The number of nitrogens with zero attached hydrogens (tertiary/aromatic N) is 3. The van der Waals surface area contributed by atoms with E-state index >= 15 is 0 Å². The van der Waals surface area contributed by atoms with Gasteiger partial charge in [-0.15, -0.1) is 0 Å². The Morgan fingerprint density at radius 2 is 1.94 bits per heavy atom. The fourth-order valence-electron chi connectivity index (χ4n) is 1.28. The van der Waals surface area contributed by atoms with Gasteiger partial charge < -0.3 is 9.47 Å². The molecule has 0 bridgehead atoms. The zero-order valence-corrected chi connectivity index (χ0v) is 9.36. The Kier molecular flexibility index (Phi) is 3.33. The van der Waals surface area contributed by atoms with E-state index in [2.05, 4.69) is 16.0 Å². The molecule has 18 heavy (non-hydrogen) atoms. The summed E-state index contributed by atoms with van der Waals surface area (Å²) >= 11 is 0. The van der Waals surface area contributed by atoms with Crippen molar-refractivity contribution in [2.75, 3.05) is 7.11 Å². The van der Waals surface area contributed by atoms with E-state index in [9.17, 15) is 10.1 Å². The molecule has 0 spiro atoms. The summed E-state index contributed by atoms with van der Waals surface area (Å²) in [5.41, 5.74) is -0.409. The molecule has 0 atom stereocenters. The number of hydrogen-bond donors (Lipinski definition) is 0. The van der Waals surface area contributed by atoms with Crippen LogP contribution in [0.3, 0.4) is 0 Å². The summed E-state index contributed by atoms with van der Waals surface area (Å²) in [5, 5.41) is 11.0. The van der Waals surface area contributed by atoms with Crippen molar-refractivity contribution in [1.82, 2.24) is 9.97 Å². The number of ether oxygens (including phenoxy) is 2. The number of hydrogen-bond acceptors (Lipinski definition) is 6. The molecule has 0 aliphatic rings. The van der Waals surface area contributed by atoms with Crippen LogP contribution in [0, 0.1) is 16.2 Å². The maximum atomic E-state index is 11.0. The molecular weight excluding hydrogens is 238 g/mol. The Bertz CT molecular complexity index is 559. The lowest BCUT2D eigenvalue weighted by atomic mass is 10.3. The number of rotatable bonds is 4. The third-order valence-electron chi connectivity index (χ3n) is 2.03. The Balaban J connectivity index is 2.42. The second kappa shape index (κ2) is 5.09. The number of nitro groups is 1. The van der Waals surface area contributed by atoms with Gasteiger partial charge in [-0.25, -0.2) is 0 Å². The molecular formula is C11H8N3O4. The second-order valence-corrected chi connectivity index (χ2v) is 3.13. The summed E-state index contributed by atoms with van der Waals surface area (Å²) in [6.07, 6.45) is 1.14. The van der Waals surface area contributed by atoms with Crippen molar-refractivity contribution in [3.8, 4) is 17.5 Å². The molecule has 0 unspecified atom stereocenters. The average Bonchev–Trinajstić information content (AvgIpc) is 2.39. The lowest BCUT2D eigenvalue weighted by Gasteiger charge is -2.06. The van der Waals surface area contributed by atoms with Crippen molar-refractivity contribution in [3.63, 3.8) is 0 Å². The molecule has 0 amide bonds. The Morgan fingerprint density at radius 1 is 1.28 bits per heavy atom. The van der Waals surface area contributed by atoms with Gasteiger partial charge in [-0.2, -0.15) is 9.97 Å². The normalized spacial score (nSPS) is 9.83. The van der Waals surface area contributed by atoms with Crippen molar-refractivity contribution < 1.29 is 14.4 Å². The predicted octanol–water partition coefficient (Wildman–Crippen LogP) is 1.99. The summed E-state index contributed by atoms with van der Waals surface area (Å²) in [6, 6.07) is 9.28. The van der Waals surface area contributed by atoms with Crippen LogP contribution < -0.4 is 9.47 Å². The zero-order chi connectivity index (χ0) is 13.0. The second-order valence-electron chi connectivity index (χ2n) is 3.13. The monoisotopic (exact) mass is 246 g/mol. The van der Waals surface area contributed by atoms with Gasteiger partial charge in [0.05, 0.1) is 12.0 Å². The van der Waals surface area contributed by atoms with Crippen molar-refractivity contribution >= 4 is 5.69 Å². The Labute approximate surface area is 102 Å². The quantitative estimate of drug-likeness (QED) is 0.605. The minimum atomic E-state index is -0.650. The third kappa shape index (κ3) is 2.34. The first-order valence-electron chi connectivity index (χ1n) is 4.89. The van der Waals surface area contributed by atoms with Gasteiger partial charge >= 0.3 is 17.4 Å². The van der Waals surface area contributed by atoms with E-state index in [-0.39, 0.29) is 11.8 Å². The van der Waals surface area contributed by atoms with Crippen molar-refractivity contribution in [1.29, 1.82) is 0 Å². The van der Waals surface area contributed by atoms with Crippen molar-refractivity contribution in [2.45, 2.75) is 0 Å². The van der Waals surface area contributed by atoms with E-state index in [1.807, 2.05) is 0 Å². The predicted molar refractivity (Wildman–Crippen MR) is 60.6 cm³/mol. The first kappa shape index (κ1) is 11.8. The fraction of sp³-hybridized carbons (Fsp3) is 0.0909. The molecule has 1 heterocycles. The topological polar surface area (TPSA) is 87.4 Å².